The van der Waals surface area contributed by atoms with Crippen molar-refractivity contribution in [1.29, 1.82) is 0 Å². The first-order valence-electron chi connectivity index (χ1n) is 9.33. The molecule has 27 heavy (non-hydrogen) atoms. The fourth-order valence-electron chi connectivity index (χ4n) is 3.17. The molecule has 6 heteroatoms. The Balaban J connectivity index is 1.50. The second kappa shape index (κ2) is 7.23. The molecule has 0 atom stereocenters. The van der Waals surface area contributed by atoms with Gasteiger partial charge in [0.1, 0.15) is 5.82 Å². The molecule has 0 spiro atoms. The highest BCUT2D eigenvalue weighted by Crippen LogP contribution is 2.35. The zero-order valence-corrected chi connectivity index (χ0v) is 15.2. The zero-order valence-electron chi connectivity index (χ0n) is 15.2. The lowest BCUT2D eigenvalue weighted by atomic mass is 9.85. The summed E-state index contributed by atoms with van der Waals surface area (Å²) in [5.41, 5.74) is 3.66. The maximum atomic E-state index is 12.6. The van der Waals surface area contributed by atoms with Crippen molar-refractivity contribution in [2.24, 2.45) is 0 Å². The van der Waals surface area contributed by atoms with Gasteiger partial charge in [-0.2, -0.15) is 0 Å². The van der Waals surface area contributed by atoms with Crippen molar-refractivity contribution in [2.75, 3.05) is 10.6 Å². The van der Waals surface area contributed by atoms with Crippen LogP contribution >= 0.6 is 0 Å². The molecule has 1 aromatic heterocycles. The number of aromatic nitrogens is 2. The number of nitrogens with one attached hydrogen (secondary N) is 3. The van der Waals surface area contributed by atoms with Gasteiger partial charge in [0, 0.05) is 29.3 Å². The van der Waals surface area contributed by atoms with Crippen molar-refractivity contribution < 1.29 is 9.59 Å². The number of aromatic amines is 1. The van der Waals surface area contributed by atoms with Crippen molar-refractivity contribution >= 4 is 34.2 Å². The van der Waals surface area contributed by atoms with Gasteiger partial charge in [-0.1, -0.05) is 19.4 Å². The maximum Gasteiger partial charge on any atom is 0.255 e. The van der Waals surface area contributed by atoms with E-state index in [9.17, 15) is 9.59 Å². The van der Waals surface area contributed by atoms with Crippen LogP contribution in [0.1, 0.15) is 54.7 Å². The van der Waals surface area contributed by atoms with E-state index in [1.54, 1.807) is 31.2 Å². The van der Waals surface area contributed by atoms with Crippen molar-refractivity contribution in [3.05, 3.63) is 53.9 Å². The molecule has 1 aliphatic carbocycles. The van der Waals surface area contributed by atoms with Crippen molar-refractivity contribution in [3.63, 3.8) is 0 Å². The Kier molecular flexibility index (Phi) is 4.62. The van der Waals surface area contributed by atoms with Gasteiger partial charge in [-0.05, 0) is 49.2 Å². The standard InChI is InChI=1S/C21H22N4O2/c1-2-19(26)22-15-8-4-7-14(11-15)21(27)23-16-9-10-17-18(12-16)25-20(24-17)13-5-3-6-13/h4,7-13H,2-3,5-6H2,1H3,(H,22,26)(H,23,27)(H,24,25). The van der Waals surface area contributed by atoms with Gasteiger partial charge in [0.05, 0.1) is 11.0 Å². The number of hydrogen-bond acceptors (Lipinski definition) is 3. The molecule has 0 aliphatic heterocycles. The Morgan fingerprint density at radius 1 is 1.11 bits per heavy atom. The SMILES string of the molecule is CCC(=O)Nc1cccc(C(=O)Nc2ccc3nc(C4CCC4)[nH]c3c2)c1. The molecule has 138 valence electrons. The number of nitrogens with zero attached hydrogens (tertiary/aromatic N) is 1. The van der Waals surface area contributed by atoms with Crippen LogP contribution in [0.3, 0.4) is 0 Å². The fourth-order valence-corrected chi connectivity index (χ4v) is 3.17. The Morgan fingerprint density at radius 3 is 2.67 bits per heavy atom. The number of carbonyl (C=O) groups excluding carboxylic acids is 2. The molecule has 2 aromatic carbocycles. The van der Waals surface area contributed by atoms with E-state index in [-0.39, 0.29) is 11.8 Å². The van der Waals surface area contributed by atoms with Gasteiger partial charge < -0.3 is 15.6 Å². The number of fused-ring (bicyclic) bond motifs is 1. The van der Waals surface area contributed by atoms with Crippen LogP contribution in [-0.4, -0.2) is 21.8 Å². The summed E-state index contributed by atoms with van der Waals surface area (Å²) in [6.07, 6.45) is 4.03. The molecule has 4 rings (SSSR count). The molecule has 1 saturated carbocycles. The second-order valence-electron chi connectivity index (χ2n) is 6.92. The van der Waals surface area contributed by atoms with E-state index in [4.69, 9.17) is 0 Å². The molecule has 2 amide bonds. The minimum Gasteiger partial charge on any atom is -0.342 e. The van der Waals surface area contributed by atoms with E-state index >= 15 is 0 Å². The molecule has 1 aliphatic rings. The molecule has 6 nitrogen and oxygen atoms in total. The Labute approximate surface area is 157 Å². The third-order valence-electron chi connectivity index (χ3n) is 4.98. The normalized spacial score (nSPS) is 14.0. The van der Waals surface area contributed by atoms with E-state index in [0.717, 1.165) is 16.9 Å². The van der Waals surface area contributed by atoms with E-state index < -0.39 is 0 Å². The van der Waals surface area contributed by atoms with Crippen molar-refractivity contribution in [1.82, 2.24) is 9.97 Å². The number of imidazole rings is 1. The van der Waals surface area contributed by atoms with Gasteiger partial charge in [0.25, 0.3) is 5.91 Å². The highest BCUT2D eigenvalue weighted by molar-refractivity contribution is 6.06. The first-order valence-corrected chi connectivity index (χ1v) is 9.33. The minimum absolute atomic E-state index is 0.0838. The lowest BCUT2D eigenvalue weighted by molar-refractivity contribution is -0.115. The number of carbonyl (C=O) groups is 2. The molecule has 3 aromatic rings. The van der Waals surface area contributed by atoms with Gasteiger partial charge in [-0.3, -0.25) is 9.59 Å². The highest BCUT2D eigenvalue weighted by Gasteiger charge is 2.22. The van der Waals surface area contributed by atoms with E-state index in [1.807, 2.05) is 18.2 Å². The van der Waals surface area contributed by atoms with Crippen LogP contribution in [-0.2, 0) is 4.79 Å². The number of rotatable bonds is 5. The smallest absolute Gasteiger partial charge is 0.255 e. The van der Waals surface area contributed by atoms with Crippen LogP contribution < -0.4 is 10.6 Å². The largest absolute Gasteiger partial charge is 0.342 e. The lowest BCUT2D eigenvalue weighted by Gasteiger charge is -2.22. The monoisotopic (exact) mass is 362 g/mol. The van der Waals surface area contributed by atoms with E-state index in [1.165, 1.54) is 19.3 Å². The first kappa shape index (κ1) is 17.3. The summed E-state index contributed by atoms with van der Waals surface area (Å²) in [5, 5.41) is 5.68. The molecule has 0 unspecified atom stereocenters. The topological polar surface area (TPSA) is 86.9 Å². The Hall–Kier alpha value is -3.15. The van der Waals surface area contributed by atoms with Gasteiger partial charge in [0.2, 0.25) is 5.91 Å². The summed E-state index contributed by atoms with van der Waals surface area (Å²) < 4.78 is 0. The summed E-state index contributed by atoms with van der Waals surface area (Å²) in [4.78, 5) is 32.1. The summed E-state index contributed by atoms with van der Waals surface area (Å²) in [5.74, 6) is 1.27. The number of hydrogen-bond donors (Lipinski definition) is 3. The molecule has 3 N–H and O–H groups in total. The lowest BCUT2D eigenvalue weighted by Crippen LogP contribution is -2.13. The molecule has 0 bridgehead atoms. The summed E-state index contributed by atoms with van der Waals surface area (Å²) >= 11 is 0. The zero-order chi connectivity index (χ0) is 18.8. The Morgan fingerprint density at radius 2 is 1.93 bits per heavy atom. The second-order valence-corrected chi connectivity index (χ2v) is 6.92. The maximum absolute atomic E-state index is 12.6. The average Bonchev–Trinajstić information content (AvgIpc) is 3.02. The van der Waals surface area contributed by atoms with Gasteiger partial charge >= 0.3 is 0 Å². The van der Waals surface area contributed by atoms with Gasteiger partial charge in [-0.15, -0.1) is 0 Å². The quantitative estimate of drug-likeness (QED) is 0.627. The predicted molar refractivity (Wildman–Crippen MR) is 106 cm³/mol. The summed E-state index contributed by atoms with van der Waals surface area (Å²) in [6, 6.07) is 12.6. The molecule has 0 saturated heterocycles. The van der Waals surface area contributed by atoms with Crippen molar-refractivity contribution in [3.8, 4) is 0 Å². The van der Waals surface area contributed by atoms with Gasteiger partial charge in [-0.25, -0.2) is 4.98 Å². The third kappa shape index (κ3) is 3.69. The average molecular weight is 362 g/mol. The van der Waals surface area contributed by atoms with Crippen molar-refractivity contribution in [2.45, 2.75) is 38.5 Å². The minimum atomic E-state index is -0.222. The van der Waals surface area contributed by atoms with Crippen LogP contribution in [0.15, 0.2) is 42.5 Å². The summed E-state index contributed by atoms with van der Waals surface area (Å²) in [6.45, 7) is 1.79. The Bertz CT molecular complexity index is 1000. The van der Waals surface area contributed by atoms with Crippen LogP contribution in [0.5, 0.6) is 0 Å². The fraction of sp³-hybridized carbons (Fsp3) is 0.286. The molecule has 1 fully saturated rings. The summed E-state index contributed by atoms with van der Waals surface area (Å²) in [7, 11) is 0. The van der Waals surface area contributed by atoms with Crippen LogP contribution in [0, 0.1) is 0 Å². The highest BCUT2D eigenvalue weighted by atomic mass is 16.2. The predicted octanol–water partition coefficient (Wildman–Crippen LogP) is 4.43. The third-order valence-corrected chi connectivity index (χ3v) is 4.98. The van der Waals surface area contributed by atoms with E-state index in [0.29, 0.717) is 29.3 Å². The first-order chi connectivity index (χ1) is 13.1. The number of benzene rings is 2. The van der Waals surface area contributed by atoms with Gasteiger partial charge in [0.15, 0.2) is 0 Å². The number of amides is 2. The molecule has 0 radical (unpaired) electrons. The molecular weight excluding hydrogens is 340 g/mol. The number of anilines is 2. The van der Waals surface area contributed by atoms with E-state index in [2.05, 4.69) is 20.6 Å². The number of H-pyrrole nitrogens is 1. The van der Waals surface area contributed by atoms with Crippen LogP contribution in [0.4, 0.5) is 11.4 Å². The van der Waals surface area contributed by atoms with Crippen LogP contribution in [0.2, 0.25) is 0 Å². The molecule has 1 heterocycles. The molecular formula is C21H22N4O2. The van der Waals surface area contributed by atoms with Crippen LogP contribution in [0.25, 0.3) is 11.0 Å².